The van der Waals surface area contributed by atoms with E-state index >= 15 is 0 Å². The number of halogens is 2. The minimum absolute atomic E-state index is 0.0233. The van der Waals surface area contributed by atoms with Crippen molar-refractivity contribution in [2.24, 2.45) is 0 Å². The molecule has 0 aliphatic heterocycles. The number of methoxy groups -OCH3 is 1. The molecule has 1 aliphatic rings. The number of anilines is 1. The summed E-state index contributed by atoms with van der Waals surface area (Å²) in [6.45, 7) is 1.77. The molecule has 0 unspecified atom stereocenters. The van der Waals surface area contributed by atoms with E-state index in [9.17, 15) is 8.78 Å². The Morgan fingerprint density at radius 1 is 1.14 bits per heavy atom. The Morgan fingerprint density at radius 2 is 1.82 bits per heavy atom. The van der Waals surface area contributed by atoms with Crippen LogP contribution in [0.3, 0.4) is 0 Å². The van der Waals surface area contributed by atoms with Crippen molar-refractivity contribution in [3.8, 4) is 11.5 Å². The summed E-state index contributed by atoms with van der Waals surface area (Å²) in [5.41, 5.74) is 4.21. The van der Waals surface area contributed by atoms with Gasteiger partial charge in [-0.05, 0) is 79.9 Å². The fourth-order valence-corrected chi connectivity index (χ4v) is 3.53. The number of benzene rings is 2. The third-order valence-electron chi connectivity index (χ3n) is 4.52. The predicted molar refractivity (Wildman–Crippen MR) is 110 cm³/mol. The second-order valence-electron chi connectivity index (χ2n) is 7.03. The molecule has 0 atom stereocenters. The van der Waals surface area contributed by atoms with E-state index in [1.54, 1.807) is 12.1 Å². The number of hydrogen-bond acceptors (Lipinski definition) is 3. The summed E-state index contributed by atoms with van der Waals surface area (Å²) >= 11 is 5.66. The van der Waals surface area contributed by atoms with Crippen LogP contribution in [0.5, 0.6) is 11.5 Å². The molecule has 0 spiro atoms. The van der Waals surface area contributed by atoms with Gasteiger partial charge in [0, 0.05) is 18.3 Å². The van der Waals surface area contributed by atoms with Crippen LogP contribution >= 0.6 is 12.2 Å². The van der Waals surface area contributed by atoms with Crippen LogP contribution in [-0.2, 0) is 6.54 Å². The second-order valence-corrected chi connectivity index (χ2v) is 7.42. The van der Waals surface area contributed by atoms with E-state index in [2.05, 4.69) is 47.0 Å². The van der Waals surface area contributed by atoms with Crippen LogP contribution in [0.2, 0.25) is 0 Å². The molecule has 3 rings (SSSR count). The third kappa shape index (κ3) is 5.32. The highest BCUT2D eigenvalue weighted by Gasteiger charge is 2.31. The standard InChI is InChI=1S/C21H24F2N2O2S/c1-13-8-14(2)10-16(9-13)24-21(28)25(17-5-6-17)12-15-4-7-18(27-20(22)23)19(11-15)26-3/h4,7-11,17,20H,5-6,12H2,1-3H3,(H,24,28). The van der Waals surface area contributed by atoms with Gasteiger partial charge in [0.1, 0.15) is 0 Å². The molecule has 7 heteroatoms. The topological polar surface area (TPSA) is 33.7 Å². The Hall–Kier alpha value is -2.41. The lowest BCUT2D eigenvalue weighted by atomic mass is 10.1. The molecule has 0 heterocycles. The normalized spacial score (nSPS) is 13.4. The summed E-state index contributed by atoms with van der Waals surface area (Å²) in [5, 5.41) is 3.99. The van der Waals surface area contributed by atoms with Crippen molar-refractivity contribution in [2.75, 3.05) is 12.4 Å². The lowest BCUT2D eigenvalue weighted by Crippen LogP contribution is -2.36. The van der Waals surface area contributed by atoms with Crippen molar-refractivity contribution in [1.29, 1.82) is 0 Å². The molecule has 2 aromatic carbocycles. The van der Waals surface area contributed by atoms with Gasteiger partial charge >= 0.3 is 6.61 Å². The molecule has 28 heavy (non-hydrogen) atoms. The van der Waals surface area contributed by atoms with Gasteiger partial charge in [-0.2, -0.15) is 8.78 Å². The summed E-state index contributed by atoms with van der Waals surface area (Å²) in [5.74, 6) is 0.303. The number of nitrogens with one attached hydrogen (secondary N) is 1. The number of thiocarbonyl (C=S) groups is 1. The fraction of sp³-hybridized carbons (Fsp3) is 0.381. The summed E-state index contributed by atoms with van der Waals surface area (Å²) in [6, 6.07) is 11.6. The second kappa shape index (κ2) is 8.73. The summed E-state index contributed by atoms with van der Waals surface area (Å²) in [6.07, 6.45) is 2.16. The van der Waals surface area contributed by atoms with Gasteiger partial charge in [-0.25, -0.2) is 0 Å². The highest BCUT2D eigenvalue weighted by molar-refractivity contribution is 7.80. The van der Waals surface area contributed by atoms with Crippen LogP contribution in [0.15, 0.2) is 36.4 Å². The minimum atomic E-state index is -2.89. The van der Waals surface area contributed by atoms with Crippen LogP contribution in [0.1, 0.15) is 29.5 Å². The zero-order valence-corrected chi connectivity index (χ0v) is 17.0. The number of aryl methyl sites for hydroxylation is 2. The fourth-order valence-electron chi connectivity index (χ4n) is 3.20. The maximum atomic E-state index is 12.5. The molecule has 1 N–H and O–H groups in total. The lowest BCUT2D eigenvalue weighted by molar-refractivity contribution is -0.0512. The molecule has 1 aliphatic carbocycles. The van der Waals surface area contributed by atoms with Gasteiger partial charge in [0.05, 0.1) is 7.11 Å². The van der Waals surface area contributed by atoms with E-state index in [0.717, 1.165) is 24.1 Å². The monoisotopic (exact) mass is 406 g/mol. The molecule has 0 aromatic heterocycles. The first-order valence-corrected chi connectivity index (χ1v) is 9.54. The molecule has 0 bridgehead atoms. The number of alkyl halides is 2. The van der Waals surface area contributed by atoms with Gasteiger partial charge in [0.15, 0.2) is 16.6 Å². The van der Waals surface area contributed by atoms with Gasteiger partial charge in [0.2, 0.25) is 0 Å². The Bertz CT molecular complexity index is 836. The van der Waals surface area contributed by atoms with Crippen LogP contribution in [0.25, 0.3) is 0 Å². The van der Waals surface area contributed by atoms with Crippen molar-refractivity contribution in [2.45, 2.75) is 45.9 Å². The number of ether oxygens (including phenoxy) is 2. The van der Waals surface area contributed by atoms with Gasteiger partial charge in [-0.3, -0.25) is 0 Å². The molecule has 0 radical (unpaired) electrons. The zero-order chi connectivity index (χ0) is 20.3. The van der Waals surface area contributed by atoms with E-state index in [1.165, 1.54) is 24.3 Å². The Labute approximate surface area is 169 Å². The van der Waals surface area contributed by atoms with E-state index in [1.807, 2.05) is 0 Å². The average molecular weight is 406 g/mol. The van der Waals surface area contributed by atoms with E-state index in [0.29, 0.717) is 17.7 Å². The van der Waals surface area contributed by atoms with Gasteiger partial charge in [-0.1, -0.05) is 12.1 Å². The quantitative estimate of drug-likeness (QED) is 0.633. The van der Waals surface area contributed by atoms with Crippen LogP contribution in [0, 0.1) is 13.8 Å². The van der Waals surface area contributed by atoms with E-state index in [4.69, 9.17) is 17.0 Å². The summed E-state index contributed by atoms with van der Waals surface area (Å²) in [4.78, 5) is 2.13. The SMILES string of the molecule is COc1cc(CN(C(=S)Nc2cc(C)cc(C)c2)C2CC2)ccc1OC(F)F. The Balaban J connectivity index is 1.75. The van der Waals surface area contributed by atoms with Gasteiger partial charge < -0.3 is 19.7 Å². The van der Waals surface area contributed by atoms with Gasteiger partial charge in [-0.15, -0.1) is 0 Å². The Morgan fingerprint density at radius 3 is 2.39 bits per heavy atom. The lowest BCUT2D eigenvalue weighted by Gasteiger charge is -2.26. The molecule has 0 amide bonds. The first-order chi connectivity index (χ1) is 13.4. The molecule has 1 saturated carbocycles. The average Bonchev–Trinajstić information content (AvgIpc) is 3.44. The highest BCUT2D eigenvalue weighted by Crippen LogP contribution is 2.33. The van der Waals surface area contributed by atoms with Crippen LogP contribution in [-0.4, -0.2) is 29.8 Å². The number of rotatable bonds is 7. The van der Waals surface area contributed by atoms with Crippen LogP contribution in [0.4, 0.5) is 14.5 Å². The Kier molecular flexibility index (Phi) is 6.34. The molecule has 2 aromatic rings. The van der Waals surface area contributed by atoms with Crippen LogP contribution < -0.4 is 14.8 Å². The van der Waals surface area contributed by atoms with E-state index < -0.39 is 6.61 Å². The number of nitrogens with zero attached hydrogens (tertiary/aromatic N) is 1. The first-order valence-electron chi connectivity index (χ1n) is 9.13. The third-order valence-corrected chi connectivity index (χ3v) is 4.86. The first kappa shape index (κ1) is 20.3. The molecule has 4 nitrogen and oxygen atoms in total. The molecule has 0 saturated heterocycles. The maximum absolute atomic E-state index is 12.5. The van der Waals surface area contributed by atoms with E-state index in [-0.39, 0.29) is 11.5 Å². The van der Waals surface area contributed by atoms with Crippen molar-refractivity contribution in [3.63, 3.8) is 0 Å². The molecule has 1 fully saturated rings. The zero-order valence-electron chi connectivity index (χ0n) is 16.2. The van der Waals surface area contributed by atoms with Gasteiger partial charge in [0.25, 0.3) is 0 Å². The minimum Gasteiger partial charge on any atom is -0.493 e. The maximum Gasteiger partial charge on any atom is 0.387 e. The summed E-state index contributed by atoms with van der Waals surface area (Å²) in [7, 11) is 1.43. The molecular weight excluding hydrogens is 382 g/mol. The van der Waals surface area contributed by atoms with Crippen molar-refractivity contribution < 1.29 is 18.3 Å². The van der Waals surface area contributed by atoms with Crippen molar-refractivity contribution in [1.82, 2.24) is 4.90 Å². The van der Waals surface area contributed by atoms with Crippen molar-refractivity contribution in [3.05, 3.63) is 53.1 Å². The molecular formula is C21H24F2N2O2S. The predicted octanol–water partition coefficient (Wildman–Crippen LogP) is 5.27. The smallest absolute Gasteiger partial charge is 0.387 e. The molecule has 150 valence electrons. The highest BCUT2D eigenvalue weighted by atomic mass is 32.1. The summed E-state index contributed by atoms with van der Waals surface area (Å²) < 4.78 is 34.7. The largest absolute Gasteiger partial charge is 0.493 e. The number of hydrogen-bond donors (Lipinski definition) is 1. The van der Waals surface area contributed by atoms with Crippen molar-refractivity contribution >= 4 is 23.0 Å².